The molecule has 0 unspecified atom stereocenters. The zero-order chi connectivity index (χ0) is 6.78. The second-order valence-corrected chi connectivity index (χ2v) is 2.53. The van der Waals surface area contributed by atoms with Crippen molar-refractivity contribution in [1.29, 1.82) is 0 Å². The van der Waals surface area contributed by atoms with Gasteiger partial charge in [-0.2, -0.15) is 0 Å². The number of primary amides is 1. The molecule has 2 N–H and O–H groups in total. The van der Waals surface area contributed by atoms with Crippen molar-refractivity contribution in [3.8, 4) is 0 Å². The highest BCUT2D eigenvalue weighted by Gasteiger charge is 2.12. The van der Waals surface area contributed by atoms with E-state index in [1.54, 1.807) is 20.8 Å². The highest BCUT2D eigenvalue weighted by molar-refractivity contribution is 5.75. The van der Waals surface area contributed by atoms with Gasteiger partial charge in [-0.05, 0) is 31.7 Å². The van der Waals surface area contributed by atoms with Gasteiger partial charge in [0.1, 0.15) is 5.60 Å². The molecule has 0 bridgehead atoms. The first-order valence-electron chi connectivity index (χ1n) is 2.40. The number of ether oxygens (including phenoxy) is 1. The standard InChI is InChI=1S/C5H11NO2.H4Si/c1-5(2,3)8-4(6)7;/h1-3H3,(H2,6,7);1H4. The molecule has 1 amide bonds. The van der Waals surface area contributed by atoms with Crippen molar-refractivity contribution < 1.29 is 9.53 Å². The summed E-state index contributed by atoms with van der Waals surface area (Å²) in [6.07, 6.45) is -0.725. The lowest BCUT2D eigenvalue weighted by molar-refractivity contribution is 0.0600. The zero-order valence-corrected chi connectivity index (χ0v) is 5.39. The monoisotopic (exact) mass is 149 g/mol. The van der Waals surface area contributed by atoms with Crippen LogP contribution in [0.2, 0.25) is 0 Å². The highest BCUT2D eigenvalue weighted by atomic mass is 28.1. The lowest BCUT2D eigenvalue weighted by Crippen LogP contribution is -2.27. The van der Waals surface area contributed by atoms with E-state index in [1.807, 2.05) is 0 Å². The van der Waals surface area contributed by atoms with Crippen LogP contribution in [0.4, 0.5) is 4.79 Å². The Morgan fingerprint density at radius 1 is 1.44 bits per heavy atom. The van der Waals surface area contributed by atoms with Crippen molar-refractivity contribution in [2.24, 2.45) is 5.73 Å². The third-order valence-electron chi connectivity index (χ3n) is 0.407. The summed E-state index contributed by atoms with van der Waals surface area (Å²) in [4.78, 5) is 10.0. The summed E-state index contributed by atoms with van der Waals surface area (Å²) in [5.41, 5.74) is 4.26. The van der Waals surface area contributed by atoms with E-state index in [0.29, 0.717) is 0 Å². The van der Waals surface area contributed by atoms with E-state index >= 15 is 0 Å². The fraction of sp³-hybridized carbons (Fsp3) is 0.800. The van der Waals surface area contributed by atoms with Gasteiger partial charge in [0.05, 0.1) is 0 Å². The van der Waals surface area contributed by atoms with Crippen molar-refractivity contribution in [3.05, 3.63) is 0 Å². The summed E-state index contributed by atoms with van der Waals surface area (Å²) in [7, 11) is 0. The first-order chi connectivity index (χ1) is 3.42. The summed E-state index contributed by atoms with van der Waals surface area (Å²) in [5, 5.41) is 0. The largest absolute Gasteiger partial charge is 0.444 e. The molecule has 0 aliphatic carbocycles. The van der Waals surface area contributed by atoms with Crippen LogP contribution in [0.25, 0.3) is 0 Å². The van der Waals surface area contributed by atoms with E-state index in [4.69, 9.17) is 5.73 Å². The van der Waals surface area contributed by atoms with Crippen molar-refractivity contribution in [2.45, 2.75) is 26.4 Å². The molecule has 0 heterocycles. The van der Waals surface area contributed by atoms with Crippen molar-refractivity contribution in [2.75, 3.05) is 0 Å². The summed E-state index contributed by atoms with van der Waals surface area (Å²) in [6, 6.07) is 0. The fourth-order valence-corrected chi connectivity index (χ4v) is 0.302. The summed E-state index contributed by atoms with van der Waals surface area (Å²) in [5.74, 6) is 0. The van der Waals surface area contributed by atoms with Gasteiger partial charge in [-0.25, -0.2) is 4.79 Å². The molecule has 0 atom stereocenters. The third kappa shape index (κ3) is 11.2. The van der Waals surface area contributed by atoms with E-state index in [0.717, 1.165) is 0 Å². The Morgan fingerprint density at radius 3 is 1.78 bits per heavy atom. The summed E-state index contributed by atoms with van der Waals surface area (Å²) in [6.45, 7) is 5.28. The van der Waals surface area contributed by atoms with Crippen LogP contribution in [0.1, 0.15) is 20.8 Å². The molecule has 3 nitrogen and oxygen atoms in total. The smallest absolute Gasteiger partial charge is 0.405 e. The Hall–Kier alpha value is -0.513. The molecule has 4 heteroatoms. The Balaban J connectivity index is 0. The average Bonchev–Trinajstić information content (AvgIpc) is 1.21. The molecule has 0 spiro atoms. The van der Waals surface area contributed by atoms with Crippen LogP contribution >= 0.6 is 0 Å². The predicted octanol–water partition coefficient (Wildman–Crippen LogP) is -0.571. The van der Waals surface area contributed by atoms with Gasteiger partial charge in [-0.15, -0.1) is 0 Å². The third-order valence-corrected chi connectivity index (χ3v) is 0.407. The maximum absolute atomic E-state index is 10.0. The maximum Gasteiger partial charge on any atom is 0.405 e. The molecule has 0 radical (unpaired) electrons. The van der Waals surface area contributed by atoms with Gasteiger partial charge in [-0.1, -0.05) is 0 Å². The van der Waals surface area contributed by atoms with Crippen molar-refractivity contribution in [3.63, 3.8) is 0 Å². The van der Waals surface area contributed by atoms with Gasteiger partial charge in [-0.3, -0.25) is 0 Å². The topological polar surface area (TPSA) is 52.3 Å². The first kappa shape index (κ1) is 11.3. The minimum Gasteiger partial charge on any atom is -0.444 e. The Kier molecular flexibility index (Phi) is 4.40. The van der Waals surface area contributed by atoms with E-state index in [1.165, 1.54) is 0 Å². The normalized spacial score (nSPS) is 9.67. The minimum absolute atomic E-state index is 0. The number of amides is 1. The Bertz CT molecular complexity index is 97.6. The van der Waals surface area contributed by atoms with Crippen molar-refractivity contribution in [1.82, 2.24) is 0 Å². The lowest BCUT2D eigenvalue weighted by atomic mass is 10.2. The van der Waals surface area contributed by atoms with E-state index in [9.17, 15) is 4.79 Å². The molecule has 0 aliphatic rings. The van der Waals surface area contributed by atoms with Gasteiger partial charge in [0.25, 0.3) is 0 Å². The number of carbonyl (C=O) groups excluding carboxylic acids is 1. The quantitative estimate of drug-likeness (QED) is 0.469. The van der Waals surface area contributed by atoms with Crippen LogP contribution in [0, 0.1) is 0 Å². The molecule has 0 aliphatic heterocycles. The predicted molar refractivity (Wildman–Crippen MR) is 41.8 cm³/mol. The van der Waals surface area contributed by atoms with E-state index in [-0.39, 0.29) is 11.0 Å². The molecule has 0 aromatic heterocycles. The van der Waals surface area contributed by atoms with E-state index < -0.39 is 11.7 Å². The average molecular weight is 149 g/mol. The number of hydrogen-bond donors (Lipinski definition) is 1. The Morgan fingerprint density at radius 2 is 1.78 bits per heavy atom. The maximum atomic E-state index is 10.0. The van der Waals surface area contributed by atoms with Gasteiger partial charge in [0.15, 0.2) is 0 Å². The molecule has 0 saturated heterocycles. The summed E-state index contributed by atoms with van der Waals surface area (Å²) < 4.78 is 4.58. The number of rotatable bonds is 0. The van der Waals surface area contributed by atoms with Crippen LogP contribution in [0.5, 0.6) is 0 Å². The second-order valence-electron chi connectivity index (χ2n) is 2.53. The van der Waals surface area contributed by atoms with E-state index in [2.05, 4.69) is 4.74 Å². The van der Waals surface area contributed by atoms with Gasteiger partial charge >= 0.3 is 6.09 Å². The fourth-order valence-electron chi connectivity index (χ4n) is 0.302. The van der Waals surface area contributed by atoms with Crippen LogP contribution < -0.4 is 5.73 Å². The molecule has 0 saturated carbocycles. The van der Waals surface area contributed by atoms with Crippen LogP contribution in [-0.4, -0.2) is 22.7 Å². The van der Waals surface area contributed by atoms with Crippen molar-refractivity contribution >= 4 is 17.1 Å². The zero-order valence-electron chi connectivity index (χ0n) is 5.39. The number of carbonyl (C=O) groups is 1. The SMILES string of the molecule is CC(C)(C)OC(N)=O.[SiH4]. The molecular weight excluding hydrogens is 134 g/mol. The Labute approximate surface area is 59.6 Å². The van der Waals surface area contributed by atoms with Gasteiger partial charge < -0.3 is 10.5 Å². The molecule has 0 fully saturated rings. The van der Waals surface area contributed by atoms with Crippen LogP contribution in [0.3, 0.4) is 0 Å². The van der Waals surface area contributed by atoms with Crippen LogP contribution in [-0.2, 0) is 4.74 Å². The van der Waals surface area contributed by atoms with Gasteiger partial charge in [0.2, 0.25) is 0 Å². The number of nitrogens with two attached hydrogens (primary N) is 1. The first-order valence-corrected chi connectivity index (χ1v) is 2.40. The molecule has 56 valence electrons. The number of hydrogen-bond acceptors (Lipinski definition) is 2. The molecule has 0 aromatic carbocycles. The van der Waals surface area contributed by atoms with Crippen LogP contribution in [0.15, 0.2) is 0 Å². The molecule has 9 heavy (non-hydrogen) atoms. The van der Waals surface area contributed by atoms with Gasteiger partial charge in [0, 0.05) is 0 Å². The lowest BCUT2D eigenvalue weighted by Gasteiger charge is -2.16. The minimum atomic E-state index is -0.725. The second kappa shape index (κ2) is 3.50. The highest BCUT2D eigenvalue weighted by Crippen LogP contribution is 2.04. The molecular formula is C5H15NO2Si. The molecule has 0 aromatic rings. The summed E-state index contributed by atoms with van der Waals surface area (Å²) >= 11 is 0. The molecule has 0 rings (SSSR count).